The number of hydrogen-bond acceptors (Lipinski definition) is 1. The van der Waals surface area contributed by atoms with Crippen LogP contribution in [0.5, 0.6) is 0 Å². The molecule has 0 bridgehead atoms. The predicted molar refractivity (Wildman–Crippen MR) is 97.4 cm³/mol. The molecule has 0 aliphatic heterocycles. The predicted octanol–water partition coefficient (Wildman–Crippen LogP) is 7.06. The van der Waals surface area contributed by atoms with Crippen LogP contribution in [0.2, 0.25) is 0 Å². The summed E-state index contributed by atoms with van der Waals surface area (Å²) in [5.74, 6) is 0. The van der Waals surface area contributed by atoms with Gasteiger partial charge in [0.2, 0.25) is 0 Å². The van der Waals surface area contributed by atoms with Crippen LogP contribution in [0.4, 0.5) is 0 Å². The van der Waals surface area contributed by atoms with E-state index in [0.717, 1.165) is 13.0 Å². The van der Waals surface area contributed by atoms with Crippen molar-refractivity contribution < 1.29 is 0 Å². The summed E-state index contributed by atoms with van der Waals surface area (Å²) in [6.45, 7) is 7.89. The Labute approximate surface area is 134 Å². The average molecular weight is 294 g/mol. The van der Waals surface area contributed by atoms with Gasteiger partial charge in [-0.3, -0.25) is 0 Å². The zero-order valence-electron chi connectivity index (χ0n) is 14.9. The van der Waals surface area contributed by atoms with Gasteiger partial charge in [0.25, 0.3) is 0 Å². The SMILES string of the molecule is CCC=CN(C=CCCCCCCCCCC)CCCC. The Morgan fingerprint density at radius 1 is 0.619 bits per heavy atom. The van der Waals surface area contributed by atoms with E-state index in [0.29, 0.717) is 0 Å². The van der Waals surface area contributed by atoms with Crippen LogP contribution < -0.4 is 0 Å². The number of hydrogen-bond donors (Lipinski definition) is 0. The zero-order chi connectivity index (χ0) is 15.6. The summed E-state index contributed by atoms with van der Waals surface area (Å²) in [5, 5.41) is 0. The molecule has 1 heteroatoms. The van der Waals surface area contributed by atoms with Gasteiger partial charge in [0.05, 0.1) is 0 Å². The van der Waals surface area contributed by atoms with Crippen molar-refractivity contribution in [3.8, 4) is 0 Å². The van der Waals surface area contributed by atoms with Gasteiger partial charge in [-0.15, -0.1) is 0 Å². The lowest BCUT2D eigenvalue weighted by atomic mass is 10.1. The molecule has 124 valence electrons. The lowest BCUT2D eigenvalue weighted by molar-refractivity contribution is 0.481. The van der Waals surface area contributed by atoms with Crippen molar-refractivity contribution in [1.82, 2.24) is 4.90 Å². The maximum Gasteiger partial charge on any atom is 0.0219 e. The highest BCUT2D eigenvalue weighted by molar-refractivity contribution is 4.91. The average Bonchev–Trinajstić information content (AvgIpc) is 2.51. The maximum absolute atomic E-state index is 2.35. The van der Waals surface area contributed by atoms with Crippen molar-refractivity contribution in [3.63, 3.8) is 0 Å². The van der Waals surface area contributed by atoms with Gasteiger partial charge >= 0.3 is 0 Å². The van der Waals surface area contributed by atoms with Crippen LogP contribution in [0, 0.1) is 0 Å². The summed E-state index contributed by atoms with van der Waals surface area (Å²) in [5.41, 5.74) is 0. The molecule has 0 amide bonds. The van der Waals surface area contributed by atoms with Gasteiger partial charge in [-0.25, -0.2) is 0 Å². The van der Waals surface area contributed by atoms with E-state index in [4.69, 9.17) is 0 Å². The molecule has 1 nitrogen and oxygen atoms in total. The first-order valence-electron chi connectivity index (χ1n) is 9.44. The largest absolute Gasteiger partial charge is 0.355 e. The lowest BCUT2D eigenvalue weighted by Crippen LogP contribution is -2.10. The Bertz CT molecular complexity index is 242. The molecule has 21 heavy (non-hydrogen) atoms. The molecular formula is C20H39N. The van der Waals surface area contributed by atoms with Crippen molar-refractivity contribution in [3.05, 3.63) is 24.6 Å². The molecule has 0 unspecified atom stereocenters. The third kappa shape index (κ3) is 15.5. The molecule has 0 rings (SSSR count). The summed E-state index contributed by atoms with van der Waals surface area (Å²) in [7, 11) is 0. The lowest BCUT2D eigenvalue weighted by Gasteiger charge is -2.14. The topological polar surface area (TPSA) is 3.24 Å². The first-order valence-corrected chi connectivity index (χ1v) is 9.44. The Kier molecular flexibility index (Phi) is 16.7. The molecule has 0 spiro atoms. The molecule has 0 atom stereocenters. The third-order valence-corrected chi connectivity index (χ3v) is 3.82. The van der Waals surface area contributed by atoms with Gasteiger partial charge < -0.3 is 4.90 Å². The van der Waals surface area contributed by atoms with Crippen molar-refractivity contribution >= 4 is 0 Å². The fourth-order valence-electron chi connectivity index (χ4n) is 2.39. The van der Waals surface area contributed by atoms with E-state index >= 15 is 0 Å². The molecule has 0 aromatic heterocycles. The number of nitrogens with zero attached hydrogens (tertiary/aromatic N) is 1. The van der Waals surface area contributed by atoms with Crippen LogP contribution in [0.1, 0.15) is 97.8 Å². The quantitative estimate of drug-likeness (QED) is 0.292. The van der Waals surface area contributed by atoms with Crippen molar-refractivity contribution in [2.45, 2.75) is 97.8 Å². The minimum absolute atomic E-state index is 1.12. The monoisotopic (exact) mass is 293 g/mol. The van der Waals surface area contributed by atoms with E-state index < -0.39 is 0 Å². The first kappa shape index (κ1) is 20.3. The van der Waals surface area contributed by atoms with Crippen LogP contribution in [-0.4, -0.2) is 11.4 Å². The summed E-state index contributed by atoms with van der Waals surface area (Å²) >= 11 is 0. The molecule has 0 fully saturated rings. The standard InChI is InChI=1S/C20H39N/c1-4-7-10-11-12-13-14-15-16-17-20-21(18-8-5-2)19-9-6-3/h8,17-18,20H,4-7,9-16,19H2,1-3H3. The highest BCUT2D eigenvalue weighted by Gasteiger charge is 1.93. The van der Waals surface area contributed by atoms with E-state index in [1.54, 1.807) is 0 Å². The zero-order valence-corrected chi connectivity index (χ0v) is 14.9. The van der Waals surface area contributed by atoms with Crippen LogP contribution in [-0.2, 0) is 0 Å². The molecule has 0 saturated carbocycles. The van der Waals surface area contributed by atoms with Gasteiger partial charge in [-0.1, -0.05) is 84.3 Å². The fraction of sp³-hybridized carbons (Fsp3) is 0.800. The molecule has 0 aromatic rings. The van der Waals surface area contributed by atoms with E-state index in [1.807, 2.05) is 0 Å². The molecule has 0 radical (unpaired) electrons. The van der Waals surface area contributed by atoms with E-state index in [-0.39, 0.29) is 0 Å². The van der Waals surface area contributed by atoms with Gasteiger partial charge in [-0.2, -0.15) is 0 Å². The smallest absolute Gasteiger partial charge is 0.0219 e. The Morgan fingerprint density at radius 3 is 1.81 bits per heavy atom. The summed E-state index contributed by atoms with van der Waals surface area (Å²) in [6.07, 6.45) is 25.3. The van der Waals surface area contributed by atoms with E-state index in [1.165, 1.54) is 70.6 Å². The van der Waals surface area contributed by atoms with Crippen LogP contribution >= 0.6 is 0 Å². The molecule has 0 aliphatic rings. The Morgan fingerprint density at radius 2 is 1.19 bits per heavy atom. The highest BCUT2D eigenvalue weighted by Crippen LogP contribution is 2.10. The molecular weight excluding hydrogens is 254 g/mol. The van der Waals surface area contributed by atoms with Gasteiger partial charge in [0.1, 0.15) is 0 Å². The summed E-state index contributed by atoms with van der Waals surface area (Å²) in [4.78, 5) is 2.34. The second-order valence-electron chi connectivity index (χ2n) is 6.03. The highest BCUT2D eigenvalue weighted by atomic mass is 15.1. The maximum atomic E-state index is 2.35. The molecule has 0 saturated heterocycles. The van der Waals surface area contributed by atoms with Gasteiger partial charge in [-0.05, 0) is 38.1 Å². The number of rotatable bonds is 15. The third-order valence-electron chi connectivity index (χ3n) is 3.82. The Hall–Kier alpha value is -0.720. The molecule has 0 heterocycles. The number of unbranched alkanes of at least 4 members (excludes halogenated alkanes) is 9. The van der Waals surface area contributed by atoms with Crippen LogP contribution in [0.3, 0.4) is 0 Å². The van der Waals surface area contributed by atoms with Crippen LogP contribution in [0.15, 0.2) is 24.6 Å². The van der Waals surface area contributed by atoms with Crippen molar-refractivity contribution in [1.29, 1.82) is 0 Å². The second-order valence-corrected chi connectivity index (χ2v) is 6.03. The molecule has 0 aliphatic carbocycles. The minimum Gasteiger partial charge on any atom is -0.355 e. The van der Waals surface area contributed by atoms with Crippen molar-refractivity contribution in [2.75, 3.05) is 6.54 Å². The molecule has 0 aromatic carbocycles. The number of allylic oxidation sites excluding steroid dienone is 2. The van der Waals surface area contributed by atoms with Crippen LogP contribution in [0.25, 0.3) is 0 Å². The van der Waals surface area contributed by atoms with E-state index in [2.05, 4.69) is 50.2 Å². The fourth-order valence-corrected chi connectivity index (χ4v) is 2.39. The van der Waals surface area contributed by atoms with Gasteiger partial charge in [0.15, 0.2) is 0 Å². The summed E-state index contributed by atoms with van der Waals surface area (Å²) in [6, 6.07) is 0. The Balaban J connectivity index is 3.58. The molecule has 0 N–H and O–H groups in total. The summed E-state index contributed by atoms with van der Waals surface area (Å²) < 4.78 is 0. The normalized spacial score (nSPS) is 11.8. The first-order chi connectivity index (χ1) is 10.3. The van der Waals surface area contributed by atoms with Gasteiger partial charge in [0, 0.05) is 6.54 Å². The second kappa shape index (κ2) is 17.3. The van der Waals surface area contributed by atoms with Crippen molar-refractivity contribution in [2.24, 2.45) is 0 Å². The minimum atomic E-state index is 1.12. The van der Waals surface area contributed by atoms with E-state index in [9.17, 15) is 0 Å².